The summed E-state index contributed by atoms with van der Waals surface area (Å²) in [6.45, 7) is 6.69. The van der Waals surface area contributed by atoms with Crippen molar-refractivity contribution in [1.29, 1.82) is 0 Å². The van der Waals surface area contributed by atoms with Crippen LogP contribution in [0.15, 0.2) is 38.0 Å². The van der Waals surface area contributed by atoms with E-state index in [0.29, 0.717) is 42.1 Å². The van der Waals surface area contributed by atoms with Gasteiger partial charge in [-0.2, -0.15) is 0 Å². The molecule has 2 heterocycles. The molecule has 0 amide bonds. The number of aromatic nitrogens is 2. The van der Waals surface area contributed by atoms with Crippen molar-refractivity contribution in [2.45, 2.75) is 56.8 Å². The fraction of sp³-hybridized carbons (Fsp3) is 0.500. The van der Waals surface area contributed by atoms with E-state index in [0.717, 1.165) is 12.8 Å². The molecule has 0 unspecified atom stereocenters. The van der Waals surface area contributed by atoms with Gasteiger partial charge in [0, 0.05) is 0 Å². The number of para-hydroxylation sites is 1. The molecule has 0 bridgehead atoms. The first kappa shape index (κ1) is 22.8. The summed E-state index contributed by atoms with van der Waals surface area (Å²) in [7, 11) is 0. The quantitative estimate of drug-likeness (QED) is 0.466. The lowest BCUT2D eigenvalue weighted by molar-refractivity contribution is -0.179. The van der Waals surface area contributed by atoms with Crippen molar-refractivity contribution in [3.05, 3.63) is 33.7 Å². The summed E-state index contributed by atoms with van der Waals surface area (Å²) in [5.41, 5.74) is 0.627. The number of rotatable bonds is 6. The lowest BCUT2D eigenvalue weighted by atomic mass is 9.75. The first-order chi connectivity index (χ1) is 14.8. The van der Waals surface area contributed by atoms with Crippen LogP contribution in [0.2, 0.25) is 0 Å². The smallest absolute Gasteiger partial charge is 0.348 e. The standard InChI is InChI=1S/C22H25BrN2O4S2/c1-11(2)13-9-8-12(3)10-16(13)28-21-18(17(23)20(27)29-21)30-22-25-24-19(31-22)14-6-4-5-7-15(14)26/h4-7,11-13,16,21,26H,8-10H2,1-3H3/t12-,13+,16-,21+/m1/s1. The van der Waals surface area contributed by atoms with Gasteiger partial charge in [0.1, 0.15) is 10.2 Å². The zero-order valence-electron chi connectivity index (χ0n) is 17.6. The van der Waals surface area contributed by atoms with Gasteiger partial charge in [0.15, 0.2) is 9.35 Å². The number of carbonyl (C=O) groups is 1. The highest BCUT2D eigenvalue weighted by Gasteiger charge is 2.40. The molecule has 31 heavy (non-hydrogen) atoms. The van der Waals surface area contributed by atoms with Crippen molar-refractivity contribution in [2.75, 3.05) is 0 Å². The number of halogens is 1. The molecule has 6 nitrogen and oxygen atoms in total. The first-order valence-corrected chi connectivity index (χ1v) is 12.8. The number of nitrogens with zero attached hydrogens (tertiary/aromatic N) is 2. The van der Waals surface area contributed by atoms with Gasteiger partial charge in [-0.15, -0.1) is 10.2 Å². The van der Waals surface area contributed by atoms with Gasteiger partial charge in [-0.25, -0.2) is 4.79 Å². The van der Waals surface area contributed by atoms with Gasteiger partial charge in [-0.3, -0.25) is 0 Å². The van der Waals surface area contributed by atoms with Crippen LogP contribution in [0, 0.1) is 17.8 Å². The molecular formula is C22H25BrN2O4S2. The fourth-order valence-electron chi connectivity index (χ4n) is 4.13. The van der Waals surface area contributed by atoms with Crippen molar-refractivity contribution >= 4 is 45.0 Å². The zero-order valence-corrected chi connectivity index (χ0v) is 20.8. The maximum atomic E-state index is 12.3. The van der Waals surface area contributed by atoms with E-state index in [1.54, 1.807) is 18.2 Å². The molecule has 2 aromatic rings. The van der Waals surface area contributed by atoms with E-state index in [4.69, 9.17) is 9.47 Å². The molecule has 0 radical (unpaired) electrons. The summed E-state index contributed by atoms with van der Waals surface area (Å²) < 4.78 is 13.0. The summed E-state index contributed by atoms with van der Waals surface area (Å²) in [4.78, 5) is 12.9. The number of ether oxygens (including phenoxy) is 2. The number of benzene rings is 1. The molecule has 1 aliphatic carbocycles. The lowest BCUT2D eigenvalue weighted by Gasteiger charge is -2.38. The van der Waals surface area contributed by atoms with Crippen LogP contribution in [0.25, 0.3) is 10.6 Å². The highest BCUT2D eigenvalue weighted by atomic mass is 79.9. The molecule has 9 heteroatoms. The largest absolute Gasteiger partial charge is 0.507 e. The van der Waals surface area contributed by atoms with Crippen molar-refractivity contribution in [3.8, 4) is 16.3 Å². The van der Waals surface area contributed by atoms with Gasteiger partial charge in [0.05, 0.1) is 16.6 Å². The van der Waals surface area contributed by atoms with Crippen molar-refractivity contribution in [2.24, 2.45) is 17.8 Å². The second-order valence-electron chi connectivity index (χ2n) is 8.41. The molecule has 1 N–H and O–H groups in total. The second kappa shape index (κ2) is 9.60. The molecule has 1 saturated carbocycles. The van der Waals surface area contributed by atoms with Crippen molar-refractivity contribution in [1.82, 2.24) is 10.2 Å². The normalized spacial score (nSPS) is 26.5. The molecule has 1 aromatic heterocycles. The Morgan fingerprint density at radius 1 is 1.29 bits per heavy atom. The van der Waals surface area contributed by atoms with E-state index in [1.165, 1.54) is 29.5 Å². The first-order valence-electron chi connectivity index (χ1n) is 10.4. The Morgan fingerprint density at radius 2 is 2.06 bits per heavy atom. The summed E-state index contributed by atoms with van der Waals surface area (Å²) in [6.07, 6.45) is 2.58. The number of phenols is 1. The minimum absolute atomic E-state index is 0.0433. The SMILES string of the molecule is CC(C)[C@@H]1CC[C@@H](C)C[C@H]1O[C@H]1OC(=O)C(Br)=C1Sc1nnc(-c2ccccc2O)s1. The highest BCUT2D eigenvalue weighted by molar-refractivity contribution is 9.12. The summed E-state index contributed by atoms with van der Waals surface area (Å²) in [5.74, 6) is 1.26. The van der Waals surface area contributed by atoms with Crippen LogP contribution in [0.4, 0.5) is 0 Å². The van der Waals surface area contributed by atoms with E-state index in [9.17, 15) is 9.90 Å². The van der Waals surface area contributed by atoms with Gasteiger partial charge in [-0.05, 0) is 58.7 Å². The minimum atomic E-state index is -0.749. The molecule has 0 spiro atoms. The number of cyclic esters (lactones) is 1. The van der Waals surface area contributed by atoms with E-state index in [-0.39, 0.29) is 11.9 Å². The van der Waals surface area contributed by atoms with Crippen LogP contribution in [0.3, 0.4) is 0 Å². The number of carbonyl (C=O) groups excluding carboxylic acids is 1. The van der Waals surface area contributed by atoms with Crippen LogP contribution in [-0.2, 0) is 14.3 Å². The third kappa shape index (κ3) is 4.99. The number of hydrogen-bond donors (Lipinski definition) is 1. The van der Waals surface area contributed by atoms with E-state index in [1.807, 2.05) is 6.07 Å². The van der Waals surface area contributed by atoms with Gasteiger partial charge in [0.25, 0.3) is 0 Å². The zero-order chi connectivity index (χ0) is 22.1. The van der Waals surface area contributed by atoms with Crippen LogP contribution < -0.4 is 0 Å². The van der Waals surface area contributed by atoms with Crippen molar-refractivity contribution in [3.63, 3.8) is 0 Å². The topological polar surface area (TPSA) is 81.5 Å². The number of phenolic OH excluding ortho intramolecular Hbond substituents is 1. The Kier molecular flexibility index (Phi) is 7.05. The molecule has 4 rings (SSSR count). The van der Waals surface area contributed by atoms with Crippen LogP contribution in [-0.4, -0.2) is 33.7 Å². The molecule has 1 aromatic carbocycles. The van der Waals surface area contributed by atoms with Gasteiger partial charge in [-0.1, -0.05) is 62.4 Å². The molecule has 1 fully saturated rings. The lowest BCUT2D eigenvalue weighted by Crippen LogP contribution is -2.37. The molecule has 0 saturated heterocycles. The molecule has 4 atom stereocenters. The summed E-state index contributed by atoms with van der Waals surface area (Å²) in [5, 5.41) is 19.1. The third-order valence-corrected chi connectivity index (χ3v) is 8.96. The third-order valence-electron chi connectivity index (χ3n) is 5.82. The number of aromatic hydroxyl groups is 1. The monoisotopic (exact) mass is 524 g/mol. The van der Waals surface area contributed by atoms with Crippen LogP contribution in [0.5, 0.6) is 5.75 Å². The maximum Gasteiger partial charge on any atom is 0.348 e. The maximum absolute atomic E-state index is 12.3. The minimum Gasteiger partial charge on any atom is -0.507 e. The second-order valence-corrected chi connectivity index (χ2v) is 11.5. The highest BCUT2D eigenvalue weighted by Crippen LogP contribution is 2.45. The predicted molar refractivity (Wildman–Crippen MR) is 125 cm³/mol. The molecular weight excluding hydrogens is 500 g/mol. The van der Waals surface area contributed by atoms with Gasteiger partial charge >= 0.3 is 5.97 Å². The summed E-state index contributed by atoms with van der Waals surface area (Å²) in [6, 6.07) is 7.01. The fourth-order valence-corrected chi connectivity index (χ4v) is 6.58. The van der Waals surface area contributed by atoms with E-state index >= 15 is 0 Å². The van der Waals surface area contributed by atoms with Crippen LogP contribution in [0.1, 0.15) is 40.0 Å². The Balaban J connectivity index is 1.53. The Bertz CT molecular complexity index is 993. The van der Waals surface area contributed by atoms with E-state index < -0.39 is 12.3 Å². The Labute approximate surface area is 198 Å². The van der Waals surface area contributed by atoms with E-state index in [2.05, 4.69) is 46.9 Å². The molecule has 1 aliphatic heterocycles. The molecule has 166 valence electrons. The summed E-state index contributed by atoms with van der Waals surface area (Å²) >= 11 is 6.04. The average Bonchev–Trinajstić information content (AvgIpc) is 3.29. The van der Waals surface area contributed by atoms with Crippen molar-refractivity contribution < 1.29 is 19.4 Å². The number of thioether (sulfide) groups is 1. The average molecular weight is 525 g/mol. The molecule has 2 aliphatic rings. The predicted octanol–water partition coefficient (Wildman–Crippen LogP) is 5.97. The Hall–Kier alpha value is -1.42. The Morgan fingerprint density at radius 3 is 2.81 bits per heavy atom. The van der Waals surface area contributed by atoms with Crippen LogP contribution >= 0.6 is 39.0 Å². The van der Waals surface area contributed by atoms with Gasteiger partial charge in [0.2, 0.25) is 6.29 Å². The number of hydrogen-bond acceptors (Lipinski definition) is 8. The number of esters is 1. The van der Waals surface area contributed by atoms with Gasteiger partial charge < -0.3 is 14.6 Å².